The van der Waals surface area contributed by atoms with Gasteiger partial charge in [-0.05, 0) is 52.0 Å². The van der Waals surface area contributed by atoms with Gasteiger partial charge in [0.05, 0.1) is 18.2 Å². The van der Waals surface area contributed by atoms with Crippen molar-refractivity contribution in [3.8, 4) is 0 Å². The molecule has 5 nitrogen and oxygen atoms in total. The van der Waals surface area contributed by atoms with Crippen molar-refractivity contribution in [2.45, 2.75) is 58.2 Å². The van der Waals surface area contributed by atoms with E-state index in [1.54, 1.807) is 0 Å². The van der Waals surface area contributed by atoms with Crippen LogP contribution in [0.2, 0.25) is 0 Å². The molecule has 1 aromatic carbocycles. The molecule has 0 aromatic heterocycles. The fraction of sp³-hybridized carbons (Fsp3) is 0.682. The second kappa shape index (κ2) is 11.4. The Morgan fingerprint density at radius 1 is 1.18 bits per heavy atom. The standard InChI is InChI=1S/C22H35N3O2.HI/c1-4-23-21(25-16-22(3)12-6-14-27-22)24-15-19-7-5-13-26-20(19)18-10-8-17(2)9-11-18;/h8-11,19-20H,4-7,12-16H2,1-3H3,(H2,23,24,25);1H. The third-order valence-corrected chi connectivity index (χ3v) is 5.60. The molecule has 3 unspecified atom stereocenters. The number of ether oxygens (including phenoxy) is 2. The van der Waals surface area contributed by atoms with Crippen molar-refractivity contribution in [1.82, 2.24) is 10.6 Å². The second-order valence-electron chi connectivity index (χ2n) is 8.08. The van der Waals surface area contributed by atoms with Crippen LogP contribution in [0.3, 0.4) is 0 Å². The fourth-order valence-electron chi connectivity index (χ4n) is 3.95. The molecule has 158 valence electrons. The lowest BCUT2D eigenvalue weighted by atomic mass is 9.89. The molecule has 1 aromatic rings. The summed E-state index contributed by atoms with van der Waals surface area (Å²) < 4.78 is 12.0. The van der Waals surface area contributed by atoms with Gasteiger partial charge in [-0.15, -0.1) is 24.0 Å². The van der Waals surface area contributed by atoms with E-state index in [1.807, 2.05) is 0 Å². The van der Waals surface area contributed by atoms with Gasteiger partial charge in [0.1, 0.15) is 0 Å². The van der Waals surface area contributed by atoms with E-state index in [2.05, 4.69) is 55.7 Å². The van der Waals surface area contributed by atoms with Gasteiger partial charge in [-0.3, -0.25) is 4.99 Å². The van der Waals surface area contributed by atoms with E-state index in [9.17, 15) is 0 Å². The molecule has 2 saturated heterocycles. The van der Waals surface area contributed by atoms with Crippen molar-refractivity contribution >= 4 is 29.9 Å². The van der Waals surface area contributed by atoms with Gasteiger partial charge >= 0.3 is 0 Å². The van der Waals surface area contributed by atoms with Crippen molar-refractivity contribution in [2.24, 2.45) is 10.9 Å². The zero-order chi connectivity index (χ0) is 19.1. The summed E-state index contributed by atoms with van der Waals surface area (Å²) in [5.41, 5.74) is 2.45. The average Bonchev–Trinajstić information content (AvgIpc) is 3.12. The molecule has 0 saturated carbocycles. The summed E-state index contributed by atoms with van der Waals surface area (Å²) in [6.07, 6.45) is 4.67. The van der Waals surface area contributed by atoms with E-state index < -0.39 is 0 Å². The van der Waals surface area contributed by atoms with Crippen LogP contribution in [0.5, 0.6) is 0 Å². The van der Waals surface area contributed by atoms with Crippen LogP contribution in [0.15, 0.2) is 29.3 Å². The fourth-order valence-corrected chi connectivity index (χ4v) is 3.95. The van der Waals surface area contributed by atoms with Gasteiger partial charge in [-0.25, -0.2) is 0 Å². The van der Waals surface area contributed by atoms with E-state index in [-0.39, 0.29) is 35.7 Å². The minimum atomic E-state index is -0.110. The van der Waals surface area contributed by atoms with Gasteiger partial charge in [0, 0.05) is 32.2 Å². The predicted octanol–water partition coefficient (Wildman–Crippen LogP) is 4.20. The Morgan fingerprint density at radius 3 is 2.64 bits per heavy atom. The maximum Gasteiger partial charge on any atom is 0.191 e. The number of hydrogen-bond acceptors (Lipinski definition) is 3. The lowest BCUT2D eigenvalue weighted by Gasteiger charge is -2.33. The number of rotatable bonds is 6. The van der Waals surface area contributed by atoms with Crippen LogP contribution in [0, 0.1) is 12.8 Å². The van der Waals surface area contributed by atoms with Gasteiger partial charge in [0.25, 0.3) is 0 Å². The Morgan fingerprint density at radius 2 is 1.96 bits per heavy atom. The minimum Gasteiger partial charge on any atom is -0.373 e. The maximum atomic E-state index is 6.15. The topological polar surface area (TPSA) is 54.9 Å². The number of guanidine groups is 1. The molecule has 0 amide bonds. The third-order valence-electron chi connectivity index (χ3n) is 5.60. The molecule has 0 bridgehead atoms. The van der Waals surface area contributed by atoms with Crippen LogP contribution in [0.4, 0.5) is 0 Å². The first-order valence-electron chi connectivity index (χ1n) is 10.4. The molecule has 0 radical (unpaired) electrons. The molecule has 2 fully saturated rings. The SMILES string of the molecule is CCNC(=NCC1(C)CCCO1)NCC1CCCOC1c1ccc(C)cc1.I. The van der Waals surface area contributed by atoms with Crippen molar-refractivity contribution in [3.05, 3.63) is 35.4 Å². The smallest absolute Gasteiger partial charge is 0.191 e. The maximum absolute atomic E-state index is 6.15. The second-order valence-corrected chi connectivity index (χ2v) is 8.08. The van der Waals surface area contributed by atoms with Gasteiger partial charge in [-0.2, -0.15) is 0 Å². The molecular weight excluding hydrogens is 465 g/mol. The lowest BCUT2D eigenvalue weighted by molar-refractivity contribution is -0.0265. The normalized spacial score (nSPS) is 27.9. The van der Waals surface area contributed by atoms with Crippen LogP contribution < -0.4 is 10.6 Å². The van der Waals surface area contributed by atoms with Crippen molar-refractivity contribution in [3.63, 3.8) is 0 Å². The molecule has 2 aliphatic rings. The summed E-state index contributed by atoms with van der Waals surface area (Å²) in [6.45, 7) is 10.5. The van der Waals surface area contributed by atoms with E-state index >= 15 is 0 Å². The van der Waals surface area contributed by atoms with Gasteiger partial charge in [0.2, 0.25) is 0 Å². The molecule has 0 spiro atoms. The number of halogens is 1. The van der Waals surface area contributed by atoms with Crippen molar-refractivity contribution in [1.29, 1.82) is 0 Å². The van der Waals surface area contributed by atoms with Crippen LogP contribution in [0.25, 0.3) is 0 Å². The first-order chi connectivity index (χ1) is 13.1. The van der Waals surface area contributed by atoms with Crippen LogP contribution >= 0.6 is 24.0 Å². The number of benzene rings is 1. The zero-order valence-electron chi connectivity index (χ0n) is 17.5. The number of aliphatic imine (C=N–C) groups is 1. The Bertz CT molecular complexity index is 615. The van der Waals surface area contributed by atoms with Crippen LogP contribution in [0.1, 0.15) is 56.8 Å². The summed E-state index contributed by atoms with van der Waals surface area (Å²) in [4.78, 5) is 4.79. The van der Waals surface area contributed by atoms with E-state index in [0.717, 1.165) is 51.5 Å². The van der Waals surface area contributed by atoms with Crippen molar-refractivity contribution in [2.75, 3.05) is 32.8 Å². The highest BCUT2D eigenvalue weighted by Gasteiger charge is 2.30. The summed E-state index contributed by atoms with van der Waals surface area (Å²) in [6, 6.07) is 8.75. The molecule has 2 aliphatic heterocycles. The van der Waals surface area contributed by atoms with E-state index in [0.29, 0.717) is 12.5 Å². The molecule has 2 heterocycles. The number of nitrogens with one attached hydrogen (secondary N) is 2. The Kier molecular flexibility index (Phi) is 9.50. The Balaban J connectivity index is 0.00000280. The molecule has 0 aliphatic carbocycles. The monoisotopic (exact) mass is 501 g/mol. The Labute approximate surface area is 187 Å². The number of aryl methyl sites for hydroxylation is 1. The third kappa shape index (κ3) is 6.59. The van der Waals surface area contributed by atoms with Crippen LogP contribution in [-0.2, 0) is 9.47 Å². The lowest BCUT2D eigenvalue weighted by Crippen LogP contribution is -2.43. The summed E-state index contributed by atoms with van der Waals surface area (Å²) in [7, 11) is 0. The molecular formula is C22H36IN3O2. The molecule has 6 heteroatoms. The average molecular weight is 501 g/mol. The Hall–Kier alpha value is -0.860. The number of nitrogens with zero attached hydrogens (tertiary/aromatic N) is 1. The quantitative estimate of drug-likeness (QED) is 0.349. The summed E-state index contributed by atoms with van der Waals surface area (Å²) >= 11 is 0. The zero-order valence-corrected chi connectivity index (χ0v) is 19.8. The largest absolute Gasteiger partial charge is 0.373 e. The van der Waals surface area contributed by atoms with Gasteiger partial charge in [-0.1, -0.05) is 29.8 Å². The molecule has 2 N–H and O–H groups in total. The van der Waals surface area contributed by atoms with Crippen molar-refractivity contribution < 1.29 is 9.47 Å². The van der Waals surface area contributed by atoms with E-state index in [4.69, 9.17) is 14.5 Å². The number of hydrogen-bond donors (Lipinski definition) is 2. The summed E-state index contributed by atoms with van der Waals surface area (Å²) in [5.74, 6) is 1.33. The molecule has 3 atom stereocenters. The van der Waals surface area contributed by atoms with Crippen LogP contribution in [-0.4, -0.2) is 44.4 Å². The predicted molar refractivity (Wildman–Crippen MR) is 126 cm³/mol. The van der Waals surface area contributed by atoms with Gasteiger partial charge < -0.3 is 20.1 Å². The molecule has 3 rings (SSSR count). The highest BCUT2D eigenvalue weighted by atomic mass is 127. The van der Waals surface area contributed by atoms with E-state index in [1.165, 1.54) is 17.5 Å². The highest BCUT2D eigenvalue weighted by molar-refractivity contribution is 14.0. The minimum absolute atomic E-state index is 0. The first kappa shape index (κ1) is 23.4. The first-order valence-corrected chi connectivity index (χ1v) is 10.4. The highest BCUT2D eigenvalue weighted by Crippen LogP contribution is 2.33. The van der Waals surface area contributed by atoms with Gasteiger partial charge in [0.15, 0.2) is 5.96 Å². The summed E-state index contributed by atoms with van der Waals surface area (Å²) in [5, 5.41) is 6.91. The molecule has 28 heavy (non-hydrogen) atoms.